The Morgan fingerprint density at radius 2 is 0.702 bits per heavy atom. The molecule has 0 unspecified atom stereocenters. The van der Waals surface area contributed by atoms with E-state index in [2.05, 4.69) is 108 Å². The first-order valence-electron chi connectivity index (χ1n) is 23.6. The van der Waals surface area contributed by atoms with E-state index in [0.29, 0.717) is 17.7 Å². The van der Waals surface area contributed by atoms with Gasteiger partial charge in [0, 0.05) is 16.9 Å². The SMILES string of the molecule is CCCCCc1cc(Nc2nc(Nc3cc(CCCCC)c(CCCCC)c(CCCCC)c3)nc(-c3ccc(C)cc3)n2)cc(CCCCC)c1CCCCC. The van der Waals surface area contributed by atoms with Gasteiger partial charge in [-0.2, -0.15) is 15.0 Å². The lowest BCUT2D eigenvalue weighted by atomic mass is 9.89. The molecule has 2 N–H and O–H groups in total. The molecule has 0 atom stereocenters. The van der Waals surface area contributed by atoms with Crippen molar-refractivity contribution in [3.63, 3.8) is 0 Å². The minimum atomic E-state index is 0.586. The molecule has 0 aliphatic rings. The second-order valence-corrected chi connectivity index (χ2v) is 16.7. The lowest BCUT2D eigenvalue weighted by Crippen LogP contribution is -2.09. The molecule has 57 heavy (non-hydrogen) atoms. The standard InChI is InChI=1S/C52H79N5/c1-8-14-20-26-42-36-46(37-43(27-21-15-9-2)48(42)30-24-18-12-5)53-51-55-50(41-34-32-40(7)33-35-41)56-52(57-51)54-47-38-44(28-22-16-10-3)49(31-25-19-13-6)45(39-47)29-23-17-11-4/h32-39H,8-31H2,1-7H3,(H2,53,54,55,56,57). The minimum Gasteiger partial charge on any atom is -0.324 e. The van der Waals surface area contributed by atoms with Crippen molar-refractivity contribution in [1.29, 1.82) is 0 Å². The van der Waals surface area contributed by atoms with Crippen LogP contribution in [0.15, 0.2) is 48.5 Å². The second kappa shape index (κ2) is 26.3. The van der Waals surface area contributed by atoms with Crippen LogP contribution in [0.25, 0.3) is 11.4 Å². The first kappa shape index (κ1) is 46.0. The Balaban J connectivity index is 1.79. The van der Waals surface area contributed by atoms with Gasteiger partial charge < -0.3 is 10.6 Å². The summed E-state index contributed by atoms with van der Waals surface area (Å²) in [4.78, 5) is 15.3. The van der Waals surface area contributed by atoms with E-state index in [-0.39, 0.29) is 0 Å². The van der Waals surface area contributed by atoms with Crippen molar-refractivity contribution in [2.45, 2.75) is 203 Å². The van der Waals surface area contributed by atoms with Gasteiger partial charge in [-0.25, -0.2) is 0 Å². The lowest BCUT2D eigenvalue weighted by molar-refractivity contribution is 0.678. The van der Waals surface area contributed by atoms with E-state index in [9.17, 15) is 0 Å². The molecule has 0 saturated heterocycles. The monoisotopic (exact) mass is 774 g/mol. The molecule has 0 spiro atoms. The van der Waals surface area contributed by atoms with Crippen LogP contribution < -0.4 is 10.6 Å². The van der Waals surface area contributed by atoms with Gasteiger partial charge in [-0.05, 0) is 142 Å². The van der Waals surface area contributed by atoms with Crippen molar-refractivity contribution in [1.82, 2.24) is 15.0 Å². The first-order valence-corrected chi connectivity index (χ1v) is 23.6. The summed E-state index contributed by atoms with van der Waals surface area (Å²) in [7, 11) is 0. The van der Waals surface area contributed by atoms with Crippen LogP contribution in [0, 0.1) is 6.92 Å². The maximum absolute atomic E-state index is 5.11. The molecule has 0 aliphatic carbocycles. The van der Waals surface area contributed by atoms with Crippen LogP contribution in [-0.4, -0.2) is 15.0 Å². The van der Waals surface area contributed by atoms with E-state index in [1.807, 2.05) is 0 Å². The Bertz CT molecular complexity index is 1560. The van der Waals surface area contributed by atoms with E-state index in [0.717, 1.165) is 42.6 Å². The maximum atomic E-state index is 5.11. The molecule has 0 amide bonds. The van der Waals surface area contributed by atoms with Gasteiger partial charge in [0.25, 0.3) is 0 Å². The molecule has 0 saturated carbocycles. The topological polar surface area (TPSA) is 62.7 Å². The number of aromatic nitrogens is 3. The van der Waals surface area contributed by atoms with Crippen LogP contribution in [0.1, 0.15) is 196 Å². The Morgan fingerprint density at radius 3 is 1.02 bits per heavy atom. The number of nitrogens with zero attached hydrogens (tertiary/aromatic N) is 3. The van der Waals surface area contributed by atoms with Gasteiger partial charge in [-0.3, -0.25) is 0 Å². The van der Waals surface area contributed by atoms with E-state index in [1.165, 1.54) is 156 Å². The highest BCUT2D eigenvalue weighted by Gasteiger charge is 2.17. The number of aryl methyl sites for hydroxylation is 5. The second-order valence-electron chi connectivity index (χ2n) is 16.7. The summed E-state index contributed by atoms with van der Waals surface area (Å²) in [5.41, 5.74) is 13.6. The van der Waals surface area contributed by atoms with Crippen molar-refractivity contribution >= 4 is 23.3 Å². The van der Waals surface area contributed by atoms with Crippen LogP contribution in [0.2, 0.25) is 0 Å². The average Bonchev–Trinajstić information content (AvgIpc) is 3.20. The van der Waals surface area contributed by atoms with Crippen LogP contribution >= 0.6 is 0 Å². The van der Waals surface area contributed by atoms with Crippen molar-refractivity contribution in [3.05, 3.63) is 87.5 Å². The highest BCUT2D eigenvalue weighted by Crippen LogP contribution is 2.31. The molecule has 1 aromatic heterocycles. The van der Waals surface area contributed by atoms with Gasteiger partial charge in [0.1, 0.15) is 0 Å². The quantitative estimate of drug-likeness (QED) is 0.0538. The van der Waals surface area contributed by atoms with Gasteiger partial charge >= 0.3 is 0 Å². The first-order chi connectivity index (χ1) is 27.9. The van der Waals surface area contributed by atoms with E-state index in [1.54, 1.807) is 11.1 Å². The lowest BCUT2D eigenvalue weighted by Gasteiger charge is -2.20. The molecule has 312 valence electrons. The summed E-state index contributed by atoms with van der Waals surface area (Å²) in [6.45, 7) is 16.0. The van der Waals surface area contributed by atoms with E-state index in [4.69, 9.17) is 15.0 Å². The summed E-state index contributed by atoms with van der Waals surface area (Å²) in [5.74, 6) is 1.85. The van der Waals surface area contributed by atoms with Gasteiger partial charge in [-0.1, -0.05) is 148 Å². The summed E-state index contributed by atoms with van der Waals surface area (Å²) >= 11 is 0. The van der Waals surface area contributed by atoms with Crippen LogP contribution in [-0.2, 0) is 38.5 Å². The molecule has 0 aliphatic heterocycles. The molecule has 3 aromatic carbocycles. The molecular weight excluding hydrogens is 695 g/mol. The molecule has 4 rings (SSSR count). The molecule has 0 fully saturated rings. The van der Waals surface area contributed by atoms with Gasteiger partial charge in [0.05, 0.1) is 0 Å². The largest absolute Gasteiger partial charge is 0.324 e. The zero-order valence-electron chi connectivity index (χ0n) is 37.4. The molecular formula is C52H79N5. The van der Waals surface area contributed by atoms with Crippen LogP contribution in [0.5, 0.6) is 0 Å². The number of anilines is 4. The molecule has 0 radical (unpaired) electrons. The number of benzene rings is 3. The number of rotatable bonds is 29. The predicted octanol–water partition coefficient (Wildman–Crippen LogP) is 15.7. The molecule has 5 nitrogen and oxygen atoms in total. The normalized spacial score (nSPS) is 11.4. The van der Waals surface area contributed by atoms with E-state index >= 15 is 0 Å². The Hall–Kier alpha value is -3.73. The fourth-order valence-electron chi connectivity index (χ4n) is 8.22. The Labute approximate surface area is 349 Å². The number of hydrogen-bond donors (Lipinski definition) is 2. The Kier molecular flexibility index (Phi) is 21.2. The minimum absolute atomic E-state index is 0.586. The zero-order chi connectivity index (χ0) is 40.7. The molecule has 1 heterocycles. The van der Waals surface area contributed by atoms with Crippen LogP contribution in [0.4, 0.5) is 23.3 Å². The predicted molar refractivity (Wildman–Crippen MR) is 249 cm³/mol. The van der Waals surface area contributed by atoms with Gasteiger partial charge in [0.2, 0.25) is 11.9 Å². The third-order valence-corrected chi connectivity index (χ3v) is 11.6. The molecule has 0 bridgehead atoms. The molecule has 4 aromatic rings. The molecule has 5 heteroatoms. The third kappa shape index (κ3) is 15.5. The highest BCUT2D eigenvalue weighted by atomic mass is 15.2. The third-order valence-electron chi connectivity index (χ3n) is 11.6. The summed E-state index contributed by atoms with van der Waals surface area (Å²) in [6.07, 6.45) is 29.3. The highest BCUT2D eigenvalue weighted by molar-refractivity contribution is 5.66. The van der Waals surface area contributed by atoms with Crippen molar-refractivity contribution in [2.75, 3.05) is 10.6 Å². The summed E-state index contributed by atoms with van der Waals surface area (Å²) < 4.78 is 0. The van der Waals surface area contributed by atoms with E-state index < -0.39 is 0 Å². The zero-order valence-corrected chi connectivity index (χ0v) is 37.4. The van der Waals surface area contributed by atoms with Crippen molar-refractivity contribution in [3.8, 4) is 11.4 Å². The van der Waals surface area contributed by atoms with Gasteiger partial charge in [-0.15, -0.1) is 0 Å². The number of unbranched alkanes of at least 4 members (excludes halogenated alkanes) is 12. The summed E-state index contributed by atoms with van der Waals surface area (Å²) in [6, 6.07) is 18.2. The van der Waals surface area contributed by atoms with Gasteiger partial charge in [0.15, 0.2) is 5.82 Å². The summed E-state index contributed by atoms with van der Waals surface area (Å²) in [5, 5.41) is 7.47. The smallest absolute Gasteiger partial charge is 0.232 e. The average molecular weight is 774 g/mol. The van der Waals surface area contributed by atoms with Crippen molar-refractivity contribution in [2.24, 2.45) is 0 Å². The number of nitrogens with one attached hydrogen (secondary N) is 2. The number of hydrogen-bond acceptors (Lipinski definition) is 5. The fourth-order valence-corrected chi connectivity index (χ4v) is 8.22. The van der Waals surface area contributed by atoms with Crippen molar-refractivity contribution < 1.29 is 0 Å². The maximum Gasteiger partial charge on any atom is 0.232 e. The Morgan fingerprint density at radius 1 is 0.386 bits per heavy atom. The van der Waals surface area contributed by atoms with Crippen LogP contribution in [0.3, 0.4) is 0 Å². The fraction of sp³-hybridized carbons (Fsp3) is 0.596.